The summed E-state index contributed by atoms with van der Waals surface area (Å²) < 4.78 is 0. The molecule has 15 atom stereocenters. The summed E-state index contributed by atoms with van der Waals surface area (Å²) in [4.78, 5) is 219. The number of carboxylic acid groups (broad SMARTS) is 1. The van der Waals surface area contributed by atoms with Crippen LogP contribution in [0.5, 0.6) is 5.75 Å². The van der Waals surface area contributed by atoms with Crippen molar-refractivity contribution < 1.29 is 97.5 Å². The molecule has 0 aliphatic carbocycles. The number of unbranched alkanes of at least 4 members (excludes halogenated alkanes) is 2. The number of nitrogens with one attached hydrogen (secondary N) is 14. The van der Waals surface area contributed by atoms with Crippen LogP contribution in [0.4, 0.5) is 0 Å². The first kappa shape index (κ1) is 97.1. The van der Waals surface area contributed by atoms with E-state index in [4.69, 9.17) is 22.9 Å². The van der Waals surface area contributed by atoms with Crippen LogP contribution in [0.15, 0.2) is 146 Å². The smallest absolute Gasteiger partial charge is 0.327 e. The number of primary amides is 1. The van der Waals surface area contributed by atoms with Crippen molar-refractivity contribution >= 4 is 121 Å². The van der Waals surface area contributed by atoms with E-state index in [0.717, 1.165) is 24.6 Å². The molecule has 15 unspecified atom stereocenters. The van der Waals surface area contributed by atoms with Crippen LogP contribution >= 0.6 is 21.6 Å². The lowest BCUT2D eigenvalue weighted by Crippen LogP contribution is -2.63. The minimum atomic E-state index is -2.00. The van der Waals surface area contributed by atoms with Gasteiger partial charge in [0, 0.05) is 54.3 Å². The number of aliphatic carboxylic acids is 1. The summed E-state index contributed by atoms with van der Waals surface area (Å²) >= 11 is 0. The molecule has 14 amide bonds. The average Bonchev–Trinajstić information content (AvgIpc) is 1.67. The minimum absolute atomic E-state index is 0.0363. The van der Waals surface area contributed by atoms with Gasteiger partial charge in [-0.1, -0.05) is 143 Å². The summed E-state index contributed by atoms with van der Waals surface area (Å²) in [6.07, 6.45) is -3.67. The summed E-state index contributed by atoms with van der Waals surface area (Å²) in [6.45, 7) is 0.429. The van der Waals surface area contributed by atoms with Gasteiger partial charge in [0.15, 0.2) is 0 Å². The van der Waals surface area contributed by atoms with E-state index in [1.165, 1.54) is 24.3 Å². The van der Waals surface area contributed by atoms with Crippen molar-refractivity contribution in [1.82, 2.24) is 74.1 Å². The Balaban J connectivity index is 1.30. The molecule has 6 aromatic rings. The van der Waals surface area contributed by atoms with E-state index in [1.54, 1.807) is 121 Å². The number of fused-ring (bicyclic) bond motifs is 1. The average molecular weight is 1730 g/mol. The lowest BCUT2D eigenvalue weighted by Gasteiger charge is -2.29. The number of amides is 14. The Morgan fingerprint density at radius 1 is 0.467 bits per heavy atom. The first-order valence-electron chi connectivity index (χ1n) is 39.6. The molecule has 5 aromatic carbocycles. The van der Waals surface area contributed by atoms with Gasteiger partial charge in [-0.3, -0.25) is 67.1 Å². The van der Waals surface area contributed by atoms with Crippen LogP contribution in [-0.2, 0) is 104 Å². The standard InChI is InChI=1S/C82H108N18O20S2/c1-45(102)68-80(117)96-60(37-49-22-10-5-11-23-49)77(114)100-69(46(2)103)81(118)97-63(42-101)78(115)98-65(82(119)120)44-122-121-43-64(89-67(106)41-88-70(107)54(85)34-50-28-30-52(104)31-29-50)79(116)91-56(26-14-16-32-83)71(108)95-62(39-66(86)105)76(113)93-58(35-47-18-6-3-7-19-47)73(110)92-59(36-48-20-8-4-9-21-48)74(111)94-61(38-51-40-87-55-25-13-12-24-53(51)55)75(112)90-57(72(109)99-68)27-15-17-33-84/h3-13,18-25,28-31,40,45-46,54,56-65,68-69,87,101-104H,14-17,26-27,32-39,41-44,83-85H2,1-2H3,(H2,86,105)(H,88,107)(H,89,106)(H,90,112)(H,91,116)(H,92,110)(H,93,113)(H,94,111)(H,95,108)(H,96,117)(H,97,118)(H,98,115)(H,99,109)(H,100,114)(H,119,120). The molecule has 1 aliphatic rings. The van der Waals surface area contributed by atoms with Crippen molar-refractivity contribution in [3.8, 4) is 5.75 Å². The van der Waals surface area contributed by atoms with E-state index in [9.17, 15) is 83.1 Å². The predicted molar refractivity (Wildman–Crippen MR) is 451 cm³/mol. The van der Waals surface area contributed by atoms with Crippen LogP contribution in [0.3, 0.4) is 0 Å². The number of rotatable bonds is 28. The Morgan fingerprint density at radius 3 is 1.34 bits per heavy atom. The number of aliphatic hydroxyl groups excluding tert-OH is 3. The van der Waals surface area contributed by atoms with Crippen LogP contribution in [0.2, 0.25) is 0 Å². The van der Waals surface area contributed by atoms with Gasteiger partial charge >= 0.3 is 5.97 Å². The third-order valence-electron chi connectivity index (χ3n) is 19.6. The van der Waals surface area contributed by atoms with E-state index < -0.39 is 210 Å². The van der Waals surface area contributed by atoms with E-state index in [1.807, 2.05) is 0 Å². The Morgan fingerprint density at radius 2 is 0.869 bits per heavy atom. The maximum atomic E-state index is 15.4. The minimum Gasteiger partial charge on any atom is -0.508 e. The molecule has 1 aromatic heterocycles. The van der Waals surface area contributed by atoms with Crippen molar-refractivity contribution in [2.45, 2.75) is 182 Å². The van der Waals surface area contributed by atoms with E-state index in [-0.39, 0.29) is 83.0 Å². The Kier molecular flexibility index (Phi) is 39.5. The van der Waals surface area contributed by atoms with Gasteiger partial charge in [0.1, 0.15) is 78.3 Å². The van der Waals surface area contributed by atoms with Gasteiger partial charge in [-0.05, 0) is 118 Å². The number of para-hydroxylation sites is 1. The molecule has 0 bridgehead atoms. The number of aromatic nitrogens is 1. The molecule has 27 N–H and O–H groups in total. The Bertz CT molecular complexity index is 4540. The SMILES string of the molecule is CC(O)C1NC(=O)C(Cc2ccccc2)NC(=O)C(C(C)O)NC(=O)C(CCCCN)NC(=O)C(Cc2c[nH]c3ccccc23)NC(=O)C(Cc2ccccc2)NC(=O)C(Cc2ccccc2)NC(=O)C(CC(N)=O)NC(=O)C(CCCCN)NC(=O)C(NC(=O)CNC(=O)C(N)Cc2ccc(O)cc2)CSSCC(C(=O)O)NC(=O)C(CO)NC1=O. The van der Waals surface area contributed by atoms with Gasteiger partial charge in [0.2, 0.25) is 82.7 Å². The molecule has 38 nitrogen and oxygen atoms in total. The summed E-state index contributed by atoms with van der Waals surface area (Å²) in [5.41, 5.74) is 26.7. The number of phenols is 1. The van der Waals surface area contributed by atoms with Crippen LogP contribution < -0.4 is 92.1 Å². The normalized spacial score (nSPS) is 23.0. The number of aliphatic hydroxyl groups is 3. The van der Waals surface area contributed by atoms with Crippen LogP contribution in [0.25, 0.3) is 10.9 Å². The molecule has 1 saturated heterocycles. The summed E-state index contributed by atoms with van der Waals surface area (Å²) in [5, 5.41) is 86.2. The number of aromatic amines is 1. The first-order chi connectivity index (χ1) is 58.3. The molecule has 2 heterocycles. The van der Waals surface area contributed by atoms with Gasteiger partial charge in [-0.15, -0.1) is 0 Å². The van der Waals surface area contributed by atoms with Gasteiger partial charge in [0.25, 0.3) is 0 Å². The Labute approximate surface area is 710 Å². The quantitative estimate of drug-likeness (QED) is 0.0164. The number of carbonyl (C=O) groups excluding carboxylic acids is 14. The second-order valence-electron chi connectivity index (χ2n) is 29.3. The number of aromatic hydroxyl groups is 1. The van der Waals surface area contributed by atoms with Gasteiger partial charge < -0.3 is 123 Å². The molecule has 1 fully saturated rings. The summed E-state index contributed by atoms with van der Waals surface area (Å²) in [6, 6.07) is 14.9. The second kappa shape index (κ2) is 49.6. The van der Waals surface area contributed by atoms with Gasteiger partial charge in [0.05, 0.1) is 37.8 Å². The fourth-order valence-corrected chi connectivity index (χ4v) is 15.2. The lowest BCUT2D eigenvalue weighted by atomic mass is 10.00. The highest BCUT2D eigenvalue weighted by Crippen LogP contribution is 2.25. The monoisotopic (exact) mass is 1730 g/mol. The van der Waals surface area contributed by atoms with Crippen molar-refractivity contribution in [3.63, 3.8) is 0 Å². The summed E-state index contributed by atoms with van der Waals surface area (Å²) in [5.74, 6) is -18.1. The molecule has 0 saturated carbocycles. The van der Waals surface area contributed by atoms with Crippen molar-refractivity contribution in [2.75, 3.05) is 37.7 Å². The Hall–Kier alpha value is -12.0. The number of nitrogens with two attached hydrogens (primary N) is 4. The van der Waals surface area contributed by atoms with Crippen molar-refractivity contribution in [3.05, 3.63) is 174 Å². The highest BCUT2D eigenvalue weighted by molar-refractivity contribution is 8.76. The fourth-order valence-electron chi connectivity index (χ4n) is 12.9. The lowest BCUT2D eigenvalue weighted by molar-refractivity contribution is -0.142. The van der Waals surface area contributed by atoms with E-state index in [2.05, 4.69) is 74.1 Å². The highest BCUT2D eigenvalue weighted by atomic mass is 33.1. The molecule has 7 rings (SSSR count). The van der Waals surface area contributed by atoms with Gasteiger partial charge in [-0.25, -0.2) is 4.79 Å². The maximum Gasteiger partial charge on any atom is 0.327 e. The highest BCUT2D eigenvalue weighted by Gasteiger charge is 2.40. The zero-order chi connectivity index (χ0) is 89.0. The van der Waals surface area contributed by atoms with E-state index in [0.29, 0.717) is 55.9 Å². The topological polar surface area (TPSA) is 633 Å². The molecule has 1 aliphatic heterocycles. The van der Waals surface area contributed by atoms with Crippen molar-refractivity contribution in [1.29, 1.82) is 0 Å². The predicted octanol–water partition coefficient (Wildman–Crippen LogP) is -3.99. The van der Waals surface area contributed by atoms with Crippen molar-refractivity contribution in [2.24, 2.45) is 22.9 Å². The molecule has 0 spiro atoms. The molecular formula is C82H108N18O20S2. The fraction of sp³-hybridized carbons (Fsp3) is 0.427. The van der Waals surface area contributed by atoms with E-state index >= 15 is 14.4 Å². The van der Waals surface area contributed by atoms with Gasteiger partial charge in [-0.2, -0.15) is 0 Å². The number of phenolic OH excluding ortho intramolecular Hbond substituents is 1. The van der Waals surface area contributed by atoms with Crippen LogP contribution in [0.1, 0.15) is 86.6 Å². The summed E-state index contributed by atoms with van der Waals surface area (Å²) in [7, 11) is 1.46. The zero-order valence-corrected chi connectivity index (χ0v) is 68.9. The number of carbonyl (C=O) groups is 15. The molecule has 658 valence electrons. The maximum absolute atomic E-state index is 15.4. The van der Waals surface area contributed by atoms with Crippen LogP contribution in [0, 0.1) is 0 Å². The molecule has 122 heavy (non-hydrogen) atoms. The molecular weight excluding hydrogens is 1620 g/mol. The number of hydrogen-bond donors (Lipinski definition) is 23. The first-order valence-corrected chi connectivity index (χ1v) is 42.1. The number of H-pyrrole nitrogens is 1. The third kappa shape index (κ3) is 31.5. The molecule has 0 radical (unpaired) electrons. The second-order valence-corrected chi connectivity index (χ2v) is 31.8. The van der Waals surface area contributed by atoms with Crippen LogP contribution in [-0.4, -0.2) is 248 Å². The zero-order valence-electron chi connectivity index (χ0n) is 67.2. The molecule has 40 heteroatoms. The third-order valence-corrected chi connectivity index (χ3v) is 22.0. The number of benzene rings is 5. The number of hydrogen-bond acceptors (Lipinski definition) is 24. The largest absolute Gasteiger partial charge is 0.508 e. The number of carboxylic acids is 1.